The molecular formula is C17H27NO. The molecule has 106 valence electrons. The smallest absolute Gasteiger partial charge is 0.0661 e. The first-order chi connectivity index (χ1) is 9.31. The molecule has 2 heteroatoms. The summed E-state index contributed by atoms with van der Waals surface area (Å²) in [6.45, 7) is 3.88. The lowest BCUT2D eigenvalue weighted by Crippen LogP contribution is -2.24. The first-order valence-electron chi connectivity index (χ1n) is 7.62. The summed E-state index contributed by atoms with van der Waals surface area (Å²) < 4.78 is 5.97. The normalized spacial score (nSPS) is 18.4. The minimum Gasteiger partial charge on any atom is -0.379 e. The summed E-state index contributed by atoms with van der Waals surface area (Å²) in [6.07, 6.45) is 6.91. The molecule has 0 spiro atoms. The van der Waals surface area contributed by atoms with Crippen molar-refractivity contribution in [3.05, 3.63) is 35.4 Å². The van der Waals surface area contributed by atoms with E-state index in [0.717, 1.165) is 19.1 Å². The Morgan fingerprint density at radius 3 is 2.63 bits per heavy atom. The number of ether oxygens (including phenoxy) is 1. The molecule has 0 saturated heterocycles. The van der Waals surface area contributed by atoms with E-state index in [9.17, 15) is 0 Å². The highest BCUT2D eigenvalue weighted by molar-refractivity contribution is 5.28. The molecule has 1 saturated carbocycles. The highest BCUT2D eigenvalue weighted by atomic mass is 16.5. The molecule has 1 aromatic carbocycles. The molecule has 1 fully saturated rings. The van der Waals surface area contributed by atoms with Crippen molar-refractivity contribution in [2.75, 3.05) is 20.3 Å². The number of hydrogen-bond acceptors (Lipinski definition) is 2. The van der Waals surface area contributed by atoms with Gasteiger partial charge < -0.3 is 10.1 Å². The number of rotatable bonds is 6. The number of nitrogens with one attached hydrogen (secondary N) is 1. The van der Waals surface area contributed by atoms with Crippen molar-refractivity contribution in [1.82, 2.24) is 5.32 Å². The van der Waals surface area contributed by atoms with Crippen LogP contribution in [0.5, 0.6) is 0 Å². The Bertz CT molecular complexity index is 371. The fraction of sp³-hybridized carbons (Fsp3) is 0.647. The van der Waals surface area contributed by atoms with Crippen LogP contribution in [-0.2, 0) is 4.74 Å². The summed E-state index contributed by atoms with van der Waals surface area (Å²) in [5, 5.41) is 3.37. The van der Waals surface area contributed by atoms with Gasteiger partial charge in [0.2, 0.25) is 0 Å². The maximum atomic E-state index is 5.97. The zero-order valence-electron chi connectivity index (χ0n) is 12.3. The minimum atomic E-state index is 0.310. The standard InChI is InChI=1S/C17H27NO/c1-14-8-6-7-11-16(14)17(18-2)13-19-12-15-9-4-3-5-10-15/h6-8,11,15,17-18H,3-5,9-10,12-13H2,1-2H3. The van der Waals surface area contributed by atoms with E-state index in [4.69, 9.17) is 4.74 Å². The van der Waals surface area contributed by atoms with Crippen molar-refractivity contribution in [1.29, 1.82) is 0 Å². The molecule has 0 aliphatic heterocycles. The molecule has 1 aliphatic carbocycles. The maximum absolute atomic E-state index is 5.97. The number of hydrogen-bond donors (Lipinski definition) is 1. The van der Waals surface area contributed by atoms with Crippen LogP contribution in [-0.4, -0.2) is 20.3 Å². The van der Waals surface area contributed by atoms with Gasteiger partial charge in [0.25, 0.3) is 0 Å². The second-order valence-electron chi connectivity index (χ2n) is 5.74. The first-order valence-corrected chi connectivity index (χ1v) is 7.62. The molecule has 0 bridgehead atoms. The molecule has 0 radical (unpaired) electrons. The molecule has 2 nitrogen and oxygen atoms in total. The fourth-order valence-corrected chi connectivity index (χ4v) is 3.01. The quantitative estimate of drug-likeness (QED) is 0.839. The lowest BCUT2D eigenvalue weighted by molar-refractivity contribution is 0.0706. The van der Waals surface area contributed by atoms with Crippen LogP contribution in [0.4, 0.5) is 0 Å². The van der Waals surface area contributed by atoms with Crippen molar-refractivity contribution in [2.45, 2.75) is 45.1 Å². The van der Waals surface area contributed by atoms with E-state index in [0.29, 0.717) is 6.04 Å². The van der Waals surface area contributed by atoms with Crippen molar-refractivity contribution in [2.24, 2.45) is 5.92 Å². The summed E-state index contributed by atoms with van der Waals surface area (Å²) in [4.78, 5) is 0. The summed E-state index contributed by atoms with van der Waals surface area (Å²) in [5.74, 6) is 0.795. The monoisotopic (exact) mass is 261 g/mol. The van der Waals surface area contributed by atoms with Gasteiger partial charge in [0.05, 0.1) is 12.6 Å². The van der Waals surface area contributed by atoms with Crippen LogP contribution in [0.25, 0.3) is 0 Å². The molecule has 0 heterocycles. The third-order valence-electron chi connectivity index (χ3n) is 4.28. The third-order valence-corrected chi connectivity index (χ3v) is 4.28. The van der Waals surface area contributed by atoms with Gasteiger partial charge in [0.1, 0.15) is 0 Å². The molecule has 1 aliphatic rings. The first kappa shape index (κ1) is 14.5. The molecular weight excluding hydrogens is 234 g/mol. The second kappa shape index (κ2) is 7.66. The van der Waals surface area contributed by atoms with Crippen LogP contribution in [0.2, 0.25) is 0 Å². The van der Waals surface area contributed by atoms with E-state index < -0.39 is 0 Å². The van der Waals surface area contributed by atoms with E-state index in [-0.39, 0.29) is 0 Å². The Labute approximate surface area is 117 Å². The van der Waals surface area contributed by atoms with E-state index in [1.807, 2.05) is 7.05 Å². The van der Waals surface area contributed by atoms with Crippen molar-refractivity contribution in [3.8, 4) is 0 Å². The van der Waals surface area contributed by atoms with Gasteiger partial charge in [-0.25, -0.2) is 0 Å². The van der Waals surface area contributed by atoms with E-state index in [2.05, 4.69) is 36.5 Å². The summed E-state index contributed by atoms with van der Waals surface area (Å²) >= 11 is 0. The molecule has 0 aromatic heterocycles. The number of likely N-dealkylation sites (N-methyl/N-ethyl adjacent to an activating group) is 1. The van der Waals surface area contributed by atoms with Crippen LogP contribution in [0.15, 0.2) is 24.3 Å². The van der Waals surface area contributed by atoms with Crippen molar-refractivity contribution >= 4 is 0 Å². The maximum Gasteiger partial charge on any atom is 0.0661 e. The van der Waals surface area contributed by atoms with Gasteiger partial charge in [0, 0.05) is 6.61 Å². The van der Waals surface area contributed by atoms with Gasteiger partial charge in [-0.15, -0.1) is 0 Å². The molecule has 0 amide bonds. The van der Waals surface area contributed by atoms with Gasteiger partial charge in [-0.1, -0.05) is 43.5 Å². The topological polar surface area (TPSA) is 21.3 Å². The van der Waals surface area contributed by atoms with Gasteiger partial charge in [0.15, 0.2) is 0 Å². The molecule has 1 N–H and O–H groups in total. The van der Waals surface area contributed by atoms with Crippen LogP contribution in [0.1, 0.15) is 49.3 Å². The zero-order chi connectivity index (χ0) is 13.5. The minimum absolute atomic E-state index is 0.310. The highest BCUT2D eigenvalue weighted by Crippen LogP contribution is 2.24. The summed E-state index contributed by atoms with van der Waals surface area (Å²) in [6, 6.07) is 8.87. The Morgan fingerprint density at radius 1 is 1.21 bits per heavy atom. The average Bonchev–Trinajstić information content (AvgIpc) is 2.46. The van der Waals surface area contributed by atoms with Crippen molar-refractivity contribution in [3.63, 3.8) is 0 Å². The molecule has 1 unspecified atom stereocenters. The van der Waals surface area contributed by atoms with Crippen LogP contribution in [0.3, 0.4) is 0 Å². The van der Waals surface area contributed by atoms with Gasteiger partial charge in [-0.05, 0) is 43.9 Å². The average molecular weight is 261 g/mol. The molecule has 2 rings (SSSR count). The lowest BCUT2D eigenvalue weighted by Gasteiger charge is -2.24. The molecule has 1 atom stereocenters. The summed E-state index contributed by atoms with van der Waals surface area (Å²) in [5.41, 5.74) is 2.69. The van der Waals surface area contributed by atoms with E-state index in [1.54, 1.807) is 0 Å². The largest absolute Gasteiger partial charge is 0.379 e. The van der Waals surface area contributed by atoms with Crippen LogP contribution in [0, 0.1) is 12.8 Å². The predicted molar refractivity (Wildman–Crippen MR) is 80.4 cm³/mol. The molecule has 19 heavy (non-hydrogen) atoms. The van der Waals surface area contributed by atoms with Gasteiger partial charge in [-0.3, -0.25) is 0 Å². The predicted octanol–water partition coefficient (Wildman–Crippen LogP) is 3.85. The third kappa shape index (κ3) is 4.32. The highest BCUT2D eigenvalue weighted by Gasteiger charge is 2.15. The number of aryl methyl sites for hydroxylation is 1. The number of benzene rings is 1. The SMILES string of the molecule is CNC(COCC1CCCCC1)c1ccccc1C. The Kier molecular flexibility index (Phi) is 5.87. The Morgan fingerprint density at radius 2 is 1.95 bits per heavy atom. The Hall–Kier alpha value is -0.860. The zero-order valence-corrected chi connectivity index (χ0v) is 12.3. The Balaban J connectivity index is 1.81. The second-order valence-corrected chi connectivity index (χ2v) is 5.74. The summed E-state index contributed by atoms with van der Waals surface area (Å²) in [7, 11) is 2.01. The van der Waals surface area contributed by atoms with Crippen LogP contribution >= 0.6 is 0 Å². The van der Waals surface area contributed by atoms with E-state index >= 15 is 0 Å². The molecule has 1 aromatic rings. The van der Waals surface area contributed by atoms with Crippen molar-refractivity contribution < 1.29 is 4.74 Å². The van der Waals surface area contributed by atoms with Crippen LogP contribution < -0.4 is 5.32 Å². The van der Waals surface area contributed by atoms with Gasteiger partial charge >= 0.3 is 0 Å². The van der Waals surface area contributed by atoms with Gasteiger partial charge in [-0.2, -0.15) is 0 Å². The van der Waals surface area contributed by atoms with E-state index in [1.165, 1.54) is 43.2 Å². The fourth-order valence-electron chi connectivity index (χ4n) is 3.01. The lowest BCUT2D eigenvalue weighted by atomic mass is 9.90.